The Morgan fingerprint density at radius 3 is 2.35 bits per heavy atom. The van der Waals surface area contributed by atoms with Crippen molar-refractivity contribution in [3.05, 3.63) is 47.7 Å². The van der Waals surface area contributed by atoms with Gasteiger partial charge in [-0.2, -0.15) is 0 Å². The lowest BCUT2D eigenvalue weighted by molar-refractivity contribution is 0.0494. The van der Waals surface area contributed by atoms with Crippen LogP contribution in [0.2, 0.25) is 0 Å². The van der Waals surface area contributed by atoms with Gasteiger partial charge in [-0.25, -0.2) is 9.59 Å². The third-order valence-corrected chi connectivity index (χ3v) is 3.90. The van der Waals surface area contributed by atoms with Crippen LogP contribution < -0.4 is 9.47 Å². The summed E-state index contributed by atoms with van der Waals surface area (Å²) in [6.45, 7) is 0.221. The van der Waals surface area contributed by atoms with E-state index in [1.54, 1.807) is 6.08 Å². The molecule has 6 nitrogen and oxygen atoms in total. The quantitative estimate of drug-likeness (QED) is 0.585. The molecular weight excluding hydrogens is 336 g/mol. The average molecular weight is 360 g/mol. The maximum Gasteiger partial charge on any atom is 0.344 e. The van der Waals surface area contributed by atoms with Crippen LogP contribution >= 0.6 is 0 Å². The third kappa shape index (κ3) is 5.37. The molecule has 1 aromatic rings. The maximum absolute atomic E-state index is 12.5. The van der Waals surface area contributed by atoms with E-state index >= 15 is 0 Å². The fourth-order valence-corrected chi connectivity index (χ4v) is 2.53. The Balaban J connectivity index is 2.37. The van der Waals surface area contributed by atoms with Crippen LogP contribution in [0.1, 0.15) is 52.8 Å². The average Bonchev–Trinajstić information content (AvgIpc) is 2.66. The molecule has 1 aromatic carbocycles. The molecule has 140 valence electrons. The van der Waals surface area contributed by atoms with Crippen molar-refractivity contribution in [1.82, 2.24) is 0 Å². The number of ether oxygens (including phenoxy) is 4. The van der Waals surface area contributed by atoms with Crippen molar-refractivity contribution in [2.24, 2.45) is 0 Å². The predicted octanol–water partition coefficient (Wildman–Crippen LogP) is 4.05. The number of allylic oxidation sites excluding steroid dienone is 2. The lowest BCUT2D eigenvalue weighted by Gasteiger charge is -2.14. The largest absolute Gasteiger partial charge is 0.497 e. The summed E-state index contributed by atoms with van der Waals surface area (Å²) < 4.78 is 20.9. The first kappa shape index (κ1) is 19.6. The van der Waals surface area contributed by atoms with Crippen molar-refractivity contribution >= 4 is 11.9 Å². The molecule has 1 heterocycles. The van der Waals surface area contributed by atoms with E-state index in [0.29, 0.717) is 12.2 Å². The Bertz CT molecular complexity index is 690. The molecule has 0 amide bonds. The van der Waals surface area contributed by atoms with Gasteiger partial charge in [0.1, 0.15) is 17.1 Å². The number of cyclic esters (lactones) is 2. The van der Waals surface area contributed by atoms with Crippen molar-refractivity contribution in [3.8, 4) is 11.5 Å². The third-order valence-electron chi connectivity index (χ3n) is 3.90. The lowest BCUT2D eigenvalue weighted by Crippen LogP contribution is -2.15. The van der Waals surface area contributed by atoms with Crippen LogP contribution in [0.5, 0.6) is 11.5 Å². The van der Waals surface area contributed by atoms with Crippen LogP contribution in [-0.2, 0) is 9.47 Å². The van der Waals surface area contributed by atoms with Crippen molar-refractivity contribution in [3.63, 3.8) is 0 Å². The first-order valence-electron chi connectivity index (χ1n) is 8.61. The highest BCUT2D eigenvalue weighted by Crippen LogP contribution is 2.30. The molecule has 2 rings (SSSR count). The van der Waals surface area contributed by atoms with E-state index in [4.69, 9.17) is 18.9 Å². The Labute approximate surface area is 153 Å². The summed E-state index contributed by atoms with van der Waals surface area (Å²) in [5, 5.41) is 0. The van der Waals surface area contributed by atoms with E-state index in [1.807, 2.05) is 6.08 Å². The number of rotatable bonds is 2. The Morgan fingerprint density at radius 1 is 0.885 bits per heavy atom. The second-order valence-corrected chi connectivity index (χ2v) is 5.71. The first-order chi connectivity index (χ1) is 12.7. The van der Waals surface area contributed by atoms with Crippen LogP contribution in [0.3, 0.4) is 0 Å². The second-order valence-electron chi connectivity index (χ2n) is 5.71. The Hall–Kier alpha value is -2.76. The zero-order chi connectivity index (χ0) is 18.8. The van der Waals surface area contributed by atoms with Gasteiger partial charge in [-0.05, 0) is 44.2 Å². The van der Waals surface area contributed by atoms with Crippen molar-refractivity contribution in [2.75, 3.05) is 20.8 Å². The van der Waals surface area contributed by atoms with Crippen molar-refractivity contribution < 1.29 is 28.5 Å². The van der Waals surface area contributed by atoms with E-state index in [9.17, 15) is 9.59 Å². The van der Waals surface area contributed by atoms with E-state index in [-0.39, 0.29) is 23.5 Å². The van der Waals surface area contributed by atoms with Gasteiger partial charge in [0.15, 0.2) is 0 Å². The maximum atomic E-state index is 12.5. The zero-order valence-corrected chi connectivity index (χ0v) is 15.2. The highest BCUT2D eigenvalue weighted by molar-refractivity contribution is 6.05. The van der Waals surface area contributed by atoms with Crippen LogP contribution in [0.25, 0.3) is 0 Å². The molecule has 0 radical (unpaired) electrons. The molecule has 0 saturated heterocycles. The standard InChI is InChI=1S/C20H24O6/c1-23-15-13-16-18(17(14-15)24-2)20(22)26-12-10-8-6-4-3-5-7-9-11-25-19(16)21/h6,8-9,11,13-14H,3-5,7,10,12H2,1-2H3/b8-6+,11-9+. The molecule has 0 atom stereocenters. The number of carbonyl (C=O) groups excluding carboxylic acids is 2. The summed E-state index contributed by atoms with van der Waals surface area (Å²) in [5.74, 6) is -0.730. The van der Waals surface area contributed by atoms with E-state index in [0.717, 1.165) is 25.7 Å². The normalized spacial score (nSPS) is 18.8. The van der Waals surface area contributed by atoms with Crippen LogP contribution in [0.4, 0.5) is 0 Å². The molecule has 0 unspecified atom stereocenters. The summed E-state index contributed by atoms with van der Waals surface area (Å²) in [6.07, 6.45) is 11.7. The van der Waals surface area contributed by atoms with Gasteiger partial charge in [0.25, 0.3) is 0 Å². The number of hydrogen-bond acceptors (Lipinski definition) is 6. The van der Waals surface area contributed by atoms with E-state index in [1.165, 1.54) is 32.6 Å². The molecule has 0 aliphatic carbocycles. The number of benzene rings is 1. The van der Waals surface area contributed by atoms with Crippen LogP contribution in [0.15, 0.2) is 36.6 Å². The molecule has 0 aromatic heterocycles. The molecule has 1 aliphatic heterocycles. The van der Waals surface area contributed by atoms with E-state index in [2.05, 4.69) is 6.08 Å². The van der Waals surface area contributed by atoms with Gasteiger partial charge in [-0.15, -0.1) is 0 Å². The molecule has 0 bridgehead atoms. The second kappa shape index (κ2) is 10.3. The summed E-state index contributed by atoms with van der Waals surface area (Å²) in [6, 6.07) is 2.97. The molecule has 0 spiro atoms. The van der Waals surface area contributed by atoms with Crippen LogP contribution in [-0.4, -0.2) is 32.8 Å². The molecule has 6 heteroatoms. The minimum Gasteiger partial charge on any atom is -0.497 e. The molecular formula is C20H24O6. The Kier molecular flexibility index (Phi) is 7.74. The number of hydrogen-bond donors (Lipinski definition) is 0. The van der Waals surface area contributed by atoms with Gasteiger partial charge in [0, 0.05) is 6.07 Å². The fraction of sp³-hybridized carbons (Fsp3) is 0.400. The number of esters is 2. The van der Waals surface area contributed by atoms with Gasteiger partial charge in [0.2, 0.25) is 0 Å². The molecule has 0 saturated carbocycles. The lowest BCUT2D eigenvalue weighted by atomic mass is 10.1. The highest BCUT2D eigenvalue weighted by Gasteiger charge is 2.25. The smallest absolute Gasteiger partial charge is 0.344 e. The van der Waals surface area contributed by atoms with E-state index < -0.39 is 11.9 Å². The summed E-state index contributed by atoms with van der Waals surface area (Å²) in [7, 11) is 2.88. The van der Waals surface area contributed by atoms with Gasteiger partial charge in [-0.1, -0.05) is 12.2 Å². The number of fused-ring (bicyclic) bond motifs is 1. The van der Waals surface area contributed by atoms with Gasteiger partial charge in [0.05, 0.1) is 32.7 Å². The monoisotopic (exact) mass is 360 g/mol. The number of methoxy groups -OCH3 is 2. The highest BCUT2D eigenvalue weighted by atomic mass is 16.5. The molecule has 1 aliphatic rings. The Morgan fingerprint density at radius 2 is 1.62 bits per heavy atom. The number of carbonyl (C=O) groups is 2. The first-order valence-corrected chi connectivity index (χ1v) is 8.61. The van der Waals surface area contributed by atoms with Gasteiger partial charge in [-0.3, -0.25) is 0 Å². The van der Waals surface area contributed by atoms with Gasteiger partial charge >= 0.3 is 11.9 Å². The molecule has 0 fully saturated rings. The summed E-state index contributed by atoms with van der Waals surface area (Å²) >= 11 is 0. The minimum atomic E-state index is -0.669. The zero-order valence-electron chi connectivity index (χ0n) is 15.2. The van der Waals surface area contributed by atoms with Crippen LogP contribution in [0, 0.1) is 0 Å². The fourth-order valence-electron chi connectivity index (χ4n) is 2.53. The molecule has 0 N–H and O–H groups in total. The predicted molar refractivity (Wildman–Crippen MR) is 96.6 cm³/mol. The minimum absolute atomic E-state index is 0.0303. The topological polar surface area (TPSA) is 71.1 Å². The summed E-state index contributed by atoms with van der Waals surface area (Å²) in [5.41, 5.74) is 0.0706. The molecule has 26 heavy (non-hydrogen) atoms. The van der Waals surface area contributed by atoms with Crippen molar-refractivity contribution in [1.29, 1.82) is 0 Å². The van der Waals surface area contributed by atoms with Gasteiger partial charge < -0.3 is 18.9 Å². The SMILES string of the molecule is COc1cc(OC)c2c(c1)C(=O)O/C=C/CCCC/C=C/CCOC2=O. The van der Waals surface area contributed by atoms with Crippen molar-refractivity contribution in [2.45, 2.75) is 32.1 Å². The summed E-state index contributed by atoms with van der Waals surface area (Å²) in [4.78, 5) is 25.0.